The maximum absolute atomic E-state index is 12.5. The van der Waals surface area contributed by atoms with Crippen LogP contribution in [0.2, 0.25) is 0 Å². The summed E-state index contributed by atoms with van der Waals surface area (Å²) in [6.45, 7) is 0.252. The van der Waals surface area contributed by atoms with Crippen LogP contribution in [0, 0.1) is 11.8 Å². The number of hydrogen-bond donors (Lipinski definition) is 1. The molecule has 0 aliphatic heterocycles. The lowest BCUT2D eigenvalue weighted by molar-refractivity contribution is 0.0785. The van der Waals surface area contributed by atoms with Gasteiger partial charge in [0, 0.05) is 38.0 Å². The van der Waals surface area contributed by atoms with Crippen molar-refractivity contribution in [3.05, 3.63) is 53.3 Å². The van der Waals surface area contributed by atoms with E-state index in [1.165, 1.54) is 0 Å². The number of benzene rings is 1. The number of hydrogen-bond acceptors (Lipinski definition) is 3. The summed E-state index contributed by atoms with van der Waals surface area (Å²) in [5.41, 5.74) is 2.12. The summed E-state index contributed by atoms with van der Waals surface area (Å²) >= 11 is 0. The number of rotatable bonds is 3. The van der Waals surface area contributed by atoms with Gasteiger partial charge in [-0.15, -0.1) is 0 Å². The summed E-state index contributed by atoms with van der Waals surface area (Å²) in [7, 11) is 3.58. The van der Waals surface area contributed by atoms with E-state index in [0.29, 0.717) is 17.7 Å². The molecule has 0 spiro atoms. The van der Waals surface area contributed by atoms with Gasteiger partial charge < -0.3 is 10.0 Å². The highest BCUT2D eigenvalue weighted by Gasteiger charge is 2.15. The Hall–Kier alpha value is -2.58. The Balaban J connectivity index is 2.19. The highest BCUT2D eigenvalue weighted by atomic mass is 16.2. The fourth-order valence-corrected chi connectivity index (χ4v) is 2.02. The van der Waals surface area contributed by atoms with Crippen LogP contribution in [0.5, 0.6) is 0 Å². The van der Waals surface area contributed by atoms with Crippen molar-refractivity contribution in [2.24, 2.45) is 7.05 Å². The highest BCUT2D eigenvalue weighted by Crippen LogP contribution is 2.12. The van der Waals surface area contributed by atoms with Crippen molar-refractivity contribution >= 4 is 5.91 Å². The Kier molecular flexibility index (Phi) is 4.75. The molecule has 0 aliphatic rings. The molecule has 0 saturated heterocycles. The van der Waals surface area contributed by atoms with E-state index in [-0.39, 0.29) is 12.5 Å². The molecule has 0 aliphatic carbocycles. The minimum absolute atomic E-state index is 0.110. The highest BCUT2D eigenvalue weighted by molar-refractivity contribution is 5.96. The lowest BCUT2D eigenvalue weighted by Crippen LogP contribution is -2.26. The summed E-state index contributed by atoms with van der Waals surface area (Å²) < 4.78 is 1.70. The van der Waals surface area contributed by atoms with Crippen LogP contribution >= 0.6 is 0 Å². The number of aromatic nitrogens is 2. The van der Waals surface area contributed by atoms with Crippen LogP contribution in [-0.4, -0.2) is 39.3 Å². The molecule has 0 atom stereocenters. The second-order valence-electron chi connectivity index (χ2n) is 4.69. The van der Waals surface area contributed by atoms with Crippen LogP contribution < -0.4 is 0 Å². The summed E-state index contributed by atoms with van der Waals surface area (Å²) in [4.78, 5) is 14.1. The lowest BCUT2D eigenvalue weighted by Gasteiger charge is -2.17. The quantitative estimate of drug-likeness (QED) is 0.856. The molecule has 21 heavy (non-hydrogen) atoms. The van der Waals surface area contributed by atoms with Crippen molar-refractivity contribution in [1.82, 2.24) is 14.7 Å². The number of carbonyl (C=O) groups is 1. The number of amides is 1. The molecule has 0 radical (unpaired) electrons. The van der Waals surface area contributed by atoms with Gasteiger partial charge in [-0.1, -0.05) is 24.0 Å². The Labute approximate surface area is 123 Å². The van der Waals surface area contributed by atoms with E-state index in [1.54, 1.807) is 41.0 Å². The first-order valence-corrected chi connectivity index (χ1v) is 6.53. The topological polar surface area (TPSA) is 58.4 Å². The van der Waals surface area contributed by atoms with Gasteiger partial charge >= 0.3 is 0 Å². The normalized spacial score (nSPS) is 9.86. The van der Waals surface area contributed by atoms with Crippen molar-refractivity contribution in [1.29, 1.82) is 0 Å². The molecule has 0 bridgehead atoms. The van der Waals surface area contributed by atoms with Gasteiger partial charge in [0.15, 0.2) is 0 Å². The summed E-state index contributed by atoms with van der Waals surface area (Å²) in [6.07, 6.45) is 3.61. The van der Waals surface area contributed by atoms with E-state index in [2.05, 4.69) is 16.9 Å². The molecule has 108 valence electrons. The van der Waals surface area contributed by atoms with Crippen LogP contribution in [0.4, 0.5) is 0 Å². The van der Waals surface area contributed by atoms with E-state index in [9.17, 15) is 4.79 Å². The zero-order valence-electron chi connectivity index (χ0n) is 12.1. The third-order valence-corrected chi connectivity index (χ3v) is 2.98. The zero-order valence-corrected chi connectivity index (χ0v) is 12.1. The van der Waals surface area contributed by atoms with Gasteiger partial charge in [-0.3, -0.25) is 9.48 Å². The minimum atomic E-state index is -0.228. The summed E-state index contributed by atoms with van der Waals surface area (Å²) in [6, 6.07) is 7.13. The zero-order chi connectivity index (χ0) is 15.2. The average Bonchev–Trinajstić information content (AvgIpc) is 2.89. The molecule has 1 N–H and O–H groups in total. The minimum Gasteiger partial charge on any atom is -0.384 e. The van der Waals surface area contributed by atoms with Crippen molar-refractivity contribution in [2.75, 3.05) is 13.7 Å². The monoisotopic (exact) mass is 283 g/mol. The van der Waals surface area contributed by atoms with Crippen LogP contribution in [-0.2, 0) is 13.6 Å². The molecule has 0 unspecified atom stereocenters. The lowest BCUT2D eigenvalue weighted by atomic mass is 10.1. The van der Waals surface area contributed by atoms with Gasteiger partial charge in [0.1, 0.15) is 6.61 Å². The van der Waals surface area contributed by atoms with Crippen LogP contribution in [0.1, 0.15) is 21.5 Å². The fourth-order valence-electron chi connectivity index (χ4n) is 2.02. The average molecular weight is 283 g/mol. The summed E-state index contributed by atoms with van der Waals surface area (Å²) in [5.74, 6) is 5.27. The first-order chi connectivity index (χ1) is 10.1. The van der Waals surface area contributed by atoms with Gasteiger partial charge in [0.25, 0.3) is 5.91 Å². The first-order valence-electron chi connectivity index (χ1n) is 6.53. The van der Waals surface area contributed by atoms with Crippen LogP contribution in [0.3, 0.4) is 0 Å². The number of aryl methyl sites for hydroxylation is 1. The first kappa shape index (κ1) is 14.8. The fraction of sp³-hybridized carbons (Fsp3) is 0.250. The van der Waals surface area contributed by atoms with E-state index in [1.807, 2.05) is 19.3 Å². The molecule has 5 heteroatoms. The number of carbonyl (C=O) groups excluding carboxylic acids is 1. The van der Waals surface area contributed by atoms with Gasteiger partial charge in [-0.25, -0.2) is 0 Å². The largest absolute Gasteiger partial charge is 0.384 e. The molecule has 2 aromatic rings. The smallest absolute Gasteiger partial charge is 0.255 e. The van der Waals surface area contributed by atoms with Crippen molar-refractivity contribution < 1.29 is 9.90 Å². The Morgan fingerprint density at radius 1 is 1.43 bits per heavy atom. The third kappa shape index (κ3) is 3.71. The second-order valence-corrected chi connectivity index (χ2v) is 4.69. The Morgan fingerprint density at radius 3 is 2.86 bits per heavy atom. The van der Waals surface area contributed by atoms with Crippen molar-refractivity contribution in [3.8, 4) is 11.8 Å². The van der Waals surface area contributed by atoms with Crippen LogP contribution in [0.25, 0.3) is 0 Å². The predicted molar refractivity (Wildman–Crippen MR) is 79.4 cm³/mol. The van der Waals surface area contributed by atoms with Gasteiger partial charge in [-0.2, -0.15) is 5.10 Å². The molecular weight excluding hydrogens is 266 g/mol. The molecule has 0 saturated carbocycles. The molecule has 0 fully saturated rings. The van der Waals surface area contributed by atoms with Crippen molar-refractivity contribution in [3.63, 3.8) is 0 Å². The number of aliphatic hydroxyl groups is 1. The van der Waals surface area contributed by atoms with E-state index in [4.69, 9.17) is 5.11 Å². The van der Waals surface area contributed by atoms with E-state index in [0.717, 1.165) is 5.56 Å². The predicted octanol–water partition coefficient (Wildman–Crippen LogP) is 1.04. The molecule has 1 heterocycles. The van der Waals surface area contributed by atoms with Crippen molar-refractivity contribution in [2.45, 2.75) is 6.54 Å². The molecule has 1 aromatic carbocycles. The summed E-state index contributed by atoms with van der Waals surface area (Å²) in [5, 5.41) is 12.9. The second kappa shape index (κ2) is 6.73. The number of nitrogens with zero attached hydrogens (tertiary/aromatic N) is 3. The maximum atomic E-state index is 12.5. The molecule has 1 aromatic heterocycles. The van der Waals surface area contributed by atoms with Crippen LogP contribution in [0.15, 0.2) is 36.7 Å². The third-order valence-electron chi connectivity index (χ3n) is 2.98. The Bertz CT molecular complexity index is 695. The molecule has 2 rings (SSSR count). The molecule has 5 nitrogen and oxygen atoms in total. The Morgan fingerprint density at radius 2 is 2.19 bits per heavy atom. The van der Waals surface area contributed by atoms with Gasteiger partial charge in [-0.05, 0) is 12.1 Å². The standard InChI is InChI=1S/C16H17N3O2/c1-18(11-13-10-17-19(2)12-13)16(21)15-8-4-3-6-14(15)7-5-9-20/h3-4,6,8,10,12,20H,9,11H2,1-2H3. The van der Waals surface area contributed by atoms with Gasteiger partial charge in [0.2, 0.25) is 0 Å². The van der Waals surface area contributed by atoms with E-state index < -0.39 is 0 Å². The van der Waals surface area contributed by atoms with Gasteiger partial charge in [0.05, 0.1) is 11.8 Å². The van der Waals surface area contributed by atoms with E-state index >= 15 is 0 Å². The molecular formula is C16H17N3O2. The SMILES string of the molecule is CN(Cc1cnn(C)c1)C(=O)c1ccccc1C#CCO. The number of aliphatic hydroxyl groups excluding tert-OH is 1. The molecule has 1 amide bonds. The maximum Gasteiger partial charge on any atom is 0.255 e.